The zero-order valence-electron chi connectivity index (χ0n) is 15.2. The first-order valence-corrected chi connectivity index (χ1v) is 8.97. The minimum absolute atomic E-state index is 0.0366. The van der Waals surface area contributed by atoms with Crippen LogP contribution in [0.25, 0.3) is 0 Å². The second kappa shape index (κ2) is 8.04. The highest BCUT2D eigenvalue weighted by Gasteiger charge is 2.23. The summed E-state index contributed by atoms with van der Waals surface area (Å²) in [5.41, 5.74) is 2.17. The van der Waals surface area contributed by atoms with Crippen LogP contribution in [-0.2, 0) is 4.79 Å². The first-order valence-electron chi connectivity index (χ1n) is 8.97. The number of amides is 2. The van der Waals surface area contributed by atoms with Crippen LogP contribution in [-0.4, -0.2) is 35.9 Å². The van der Waals surface area contributed by atoms with E-state index in [9.17, 15) is 9.59 Å². The molecule has 1 aliphatic heterocycles. The fourth-order valence-electron chi connectivity index (χ4n) is 2.98. The van der Waals surface area contributed by atoms with Crippen LogP contribution in [0.15, 0.2) is 48.5 Å². The van der Waals surface area contributed by atoms with Gasteiger partial charge >= 0.3 is 0 Å². The van der Waals surface area contributed by atoms with Crippen LogP contribution in [0.4, 0.5) is 5.69 Å². The molecule has 136 valence electrons. The van der Waals surface area contributed by atoms with Gasteiger partial charge in [0.1, 0.15) is 5.75 Å². The Labute approximate surface area is 154 Å². The normalized spacial score (nSPS) is 14.8. The van der Waals surface area contributed by atoms with E-state index in [1.807, 2.05) is 48.2 Å². The van der Waals surface area contributed by atoms with Gasteiger partial charge in [0.05, 0.1) is 11.3 Å². The van der Waals surface area contributed by atoms with E-state index in [4.69, 9.17) is 4.74 Å². The average molecular weight is 352 g/mol. The molecule has 1 N–H and O–H groups in total. The lowest BCUT2D eigenvalue weighted by Gasteiger charge is -2.19. The van der Waals surface area contributed by atoms with Crippen LogP contribution in [0.3, 0.4) is 0 Å². The predicted molar refractivity (Wildman–Crippen MR) is 101 cm³/mol. The lowest BCUT2D eigenvalue weighted by molar-refractivity contribution is -0.122. The number of para-hydroxylation sites is 1. The van der Waals surface area contributed by atoms with Crippen LogP contribution in [0.1, 0.15) is 35.7 Å². The first-order chi connectivity index (χ1) is 12.5. The van der Waals surface area contributed by atoms with Crippen LogP contribution >= 0.6 is 0 Å². The second-order valence-electron chi connectivity index (χ2n) is 6.61. The largest absolute Gasteiger partial charge is 0.481 e. The summed E-state index contributed by atoms with van der Waals surface area (Å²) >= 11 is 0. The summed E-state index contributed by atoms with van der Waals surface area (Å²) in [7, 11) is 0. The van der Waals surface area contributed by atoms with Crippen LogP contribution in [0, 0.1) is 6.92 Å². The molecular formula is C21H24N2O3. The zero-order valence-corrected chi connectivity index (χ0v) is 15.2. The van der Waals surface area contributed by atoms with Crippen LogP contribution < -0.4 is 10.1 Å². The predicted octanol–water partition coefficient (Wildman–Crippen LogP) is 3.64. The molecule has 0 spiro atoms. The Balaban J connectivity index is 1.68. The SMILES string of the molecule is Cc1ccc(O[C@@H](C)C(=O)Nc2ccccc2C(=O)N2CCCC2)cc1. The number of rotatable bonds is 5. The molecule has 1 aliphatic rings. The quantitative estimate of drug-likeness (QED) is 0.894. The van der Waals surface area contributed by atoms with Gasteiger partial charge in [0.25, 0.3) is 11.8 Å². The third-order valence-corrected chi connectivity index (χ3v) is 4.51. The molecule has 2 amide bonds. The van der Waals surface area contributed by atoms with Gasteiger partial charge in [-0.1, -0.05) is 29.8 Å². The molecule has 0 radical (unpaired) electrons. The molecule has 0 saturated carbocycles. The third-order valence-electron chi connectivity index (χ3n) is 4.51. The molecule has 1 fully saturated rings. The molecule has 0 aliphatic carbocycles. The summed E-state index contributed by atoms with van der Waals surface area (Å²) in [6, 6.07) is 14.7. The molecule has 5 heteroatoms. The Bertz CT molecular complexity index is 780. The van der Waals surface area contributed by atoms with Crippen molar-refractivity contribution in [3.63, 3.8) is 0 Å². The number of ether oxygens (including phenoxy) is 1. The van der Waals surface area contributed by atoms with Crippen molar-refractivity contribution in [2.24, 2.45) is 0 Å². The number of nitrogens with one attached hydrogen (secondary N) is 1. The molecule has 5 nitrogen and oxygen atoms in total. The van der Waals surface area contributed by atoms with E-state index < -0.39 is 6.10 Å². The van der Waals surface area contributed by atoms with Crippen molar-refractivity contribution in [3.05, 3.63) is 59.7 Å². The molecule has 0 unspecified atom stereocenters. The highest BCUT2D eigenvalue weighted by Crippen LogP contribution is 2.21. The number of likely N-dealkylation sites (tertiary alicyclic amines) is 1. The van der Waals surface area contributed by atoms with Crippen LogP contribution in [0.5, 0.6) is 5.75 Å². The molecule has 0 aromatic heterocycles. The summed E-state index contributed by atoms with van der Waals surface area (Å²) < 4.78 is 5.70. The summed E-state index contributed by atoms with van der Waals surface area (Å²) in [5, 5.41) is 2.83. The Morgan fingerprint density at radius 3 is 2.38 bits per heavy atom. The standard InChI is InChI=1S/C21H24N2O3/c1-15-9-11-17(12-10-15)26-16(2)20(24)22-19-8-4-3-7-18(19)21(25)23-13-5-6-14-23/h3-4,7-12,16H,5-6,13-14H2,1-2H3,(H,22,24)/t16-/m0/s1. The Morgan fingerprint density at radius 2 is 1.69 bits per heavy atom. The van der Waals surface area contributed by atoms with Gasteiger partial charge in [0.2, 0.25) is 0 Å². The van der Waals surface area contributed by atoms with E-state index in [2.05, 4.69) is 5.32 Å². The number of nitrogens with zero attached hydrogens (tertiary/aromatic N) is 1. The molecule has 26 heavy (non-hydrogen) atoms. The molecule has 3 rings (SSSR count). The van der Waals surface area contributed by atoms with E-state index >= 15 is 0 Å². The zero-order chi connectivity index (χ0) is 18.5. The van der Waals surface area contributed by atoms with E-state index in [-0.39, 0.29) is 11.8 Å². The Morgan fingerprint density at radius 1 is 1.04 bits per heavy atom. The average Bonchev–Trinajstić information content (AvgIpc) is 3.18. The van der Waals surface area contributed by atoms with Crippen molar-refractivity contribution in [2.45, 2.75) is 32.8 Å². The van der Waals surface area contributed by atoms with Crippen molar-refractivity contribution in [1.29, 1.82) is 0 Å². The number of aryl methyl sites for hydroxylation is 1. The van der Waals surface area contributed by atoms with Gasteiger partial charge < -0.3 is 15.0 Å². The summed E-state index contributed by atoms with van der Waals surface area (Å²) in [5.74, 6) is 0.317. The van der Waals surface area contributed by atoms with Gasteiger partial charge in [-0.05, 0) is 51.0 Å². The minimum atomic E-state index is -0.673. The van der Waals surface area contributed by atoms with Gasteiger partial charge in [0.15, 0.2) is 6.10 Å². The Hall–Kier alpha value is -2.82. The molecule has 1 atom stereocenters. The van der Waals surface area contributed by atoms with Crippen molar-refractivity contribution in [1.82, 2.24) is 4.90 Å². The number of anilines is 1. The van der Waals surface area contributed by atoms with E-state index in [1.165, 1.54) is 0 Å². The van der Waals surface area contributed by atoms with E-state index in [1.54, 1.807) is 19.1 Å². The molecule has 1 heterocycles. The van der Waals surface area contributed by atoms with Gasteiger partial charge in [-0.2, -0.15) is 0 Å². The molecular weight excluding hydrogens is 328 g/mol. The second-order valence-corrected chi connectivity index (χ2v) is 6.61. The monoisotopic (exact) mass is 352 g/mol. The fraction of sp³-hybridized carbons (Fsp3) is 0.333. The third kappa shape index (κ3) is 4.23. The van der Waals surface area contributed by atoms with Gasteiger partial charge in [-0.15, -0.1) is 0 Å². The number of carbonyl (C=O) groups excluding carboxylic acids is 2. The molecule has 1 saturated heterocycles. The lowest BCUT2D eigenvalue weighted by Crippen LogP contribution is -2.32. The number of hydrogen-bond acceptors (Lipinski definition) is 3. The lowest BCUT2D eigenvalue weighted by atomic mass is 10.1. The highest BCUT2D eigenvalue weighted by molar-refractivity contribution is 6.04. The van der Waals surface area contributed by atoms with Crippen molar-refractivity contribution in [2.75, 3.05) is 18.4 Å². The number of carbonyl (C=O) groups is 2. The number of hydrogen-bond donors (Lipinski definition) is 1. The fourth-order valence-corrected chi connectivity index (χ4v) is 2.98. The summed E-state index contributed by atoms with van der Waals surface area (Å²) in [6.45, 7) is 5.23. The maximum atomic E-state index is 12.7. The van der Waals surface area contributed by atoms with Gasteiger partial charge in [-0.25, -0.2) is 0 Å². The minimum Gasteiger partial charge on any atom is -0.481 e. The number of benzene rings is 2. The first kappa shape index (κ1) is 18.0. The molecule has 2 aromatic rings. The van der Waals surface area contributed by atoms with E-state index in [0.717, 1.165) is 31.5 Å². The summed E-state index contributed by atoms with van der Waals surface area (Å²) in [6.07, 6.45) is 1.39. The van der Waals surface area contributed by atoms with Gasteiger partial charge in [0, 0.05) is 13.1 Å². The maximum absolute atomic E-state index is 12.7. The van der Waals surface area contributed by atoms with Gasteiger partial charge in [-0.3, -0.25) is 9.59 Å². The smallest absolute Gasteiger partial charge is 0.265 e. The van der Waals surface area contributed by atoms with Crippen molar-refractivity contribution >= 4 is 17.5 Å². The van der Waals surface area contributed by atoms with Crippen LogP contribution in [0.2, 0.25) is 0 Å². The van der Waals surface area contributed by atoms with Crippen molar-refractivity contribution < 1.29 is 14.3 Å². The maximum Gasteiger partial charge on any atom is 0.265 e. The van der Waals surface area contributed by atoms with Crippen molar-refractivity contribution in [3.8, 4) is 5.75 Å². The highest BCUT2D eigenvalue weighted by atomic mass is 16.5. The molecule has 2 aromatic carbocycles. The topological polar surface area (TPSA) is 58.6 Å². The van der Waals surface area contributed by atoms with E-state index in [0.29, 0.717) is 17.0 Å². The summed E-state index contributed by atoms with van der Waals surface area (Å²) in [4.78, 5) is 27.0. The Kier molecular flexibility index (Phi) is 5.56. The molecule has 0 bridgehead atoms.